The summed E-state index contributed by atoms with van der Waals surface area (Å²) in [5.74, 6) is 0.872. The number of ether oxygens (including phenoxy) is 2. The van der Waals surface area contributed by atoms with Crippen LogP contribution in [0.15, 0.2) is 34.7 Å². The van der Waals surface area contributed by atoms with Gasteiger partial charge in [-0.3, -0.25) is 0 Å². The Hall–Kier alpha value is -2.05. The predicted molar refractivity (Wildman–Crippen MR) is 91.1 cm³/mol. The van der Waals surface area contributed by atoms with Gasteiger partial charge in [-0.1, -0.05) is 18.2 Å². The number of hydrogen-bond donors (Lipinski definition) is 2. The summed E-state index contributed by atoms with van der Waals surface area (Å²) in [6.45, 7) is 2.96. The first kappa shape index (κ1) is 16.8. The molecule has 1 atom stereocenters. The fraction of sp³-hybridized carbons (Fsp3) is 0.500. The molecule has 1 saturated heterocycles. The van der Waals surface area contributed by atoms with Crippen LogP contribution in [-0.2, 0) is 15.9 Å². The standard InChI is InChI=1S/C18H24N2O4/c21-18(20-9-11-22-13-16-5-3-10-23-16)19-8-7-15-12-14-4-1-2-6-17(14)24-15/h1-2,4,6,12,16H,3,5,7-11,13H2,(H2,19,20,21). The maximum atomic E-state index is 11.7. The van der Waals surface area contributed by atoms with Crippen molar-refractivity contribution in [3.05, 3.63) is 36.1 Å². The monoisotopic (exact) mass is 332 g/mol. The Bertz CT molecular complexity index is 616. The van der Waals surface area contributed by atoms with Gasteiger partial charge in [-0.25, -0.2) is 4.79 Å². The quantitative estimate of drug-likeness (QED) is 0.729. The Kier molecular flexibility index (Phi) is 6.09. The van der Waals surface area contributed by atoms with Gasteiger partial charge in [-0.2, -0.15) is 0 Å². The second-order valence-electron chi connectivity index (χ2n) is 5.89. The van der Waals surface area contributed by atoms with Crippen LogP contribution in [0.2, 0.25) is 0 Å². The van der Waals surface area contributed by atoms with E-state index in [2.05, 4.69) is 10.6 Å². The van der Waals surface area contributed by atoms with E-state index in [-0.39, 0.29) is 12.1 Å². The van der Waals surface area contributed by atoms with Crippen LogP contribution in [0.25, 0.3) is 11.0 Å². The van der Waals surface area contributed by atoms with Gasteiger partial charge in [-0.15, -0.1) is 0 Å². The molecule has 3 rings (SSSR count). The summed E-state index contributed by atoms with van der Waals surface area (Å²) in [4.78, 5) is 11.7. The molecule has 130 valence electrons. The molecule has 6 heteroatoms. The molecule has 1 fully saturated rings. The number of para-hydroxylation sites is 1. The molecule has 0 radical (unpaired) electrons. The van der Waals surface area contributed by atoms with Crippen LogP contribution in [0.3, 0.4) is 0 Å². The fourth-order valence-electron chi connectivity index (χ4n) is 2.75. The second-order valence-corrected chi connectivity index (χ2v) is 5.89. The lowest BCUT2D eigenvalue weighted by atomic mass is 10.2. The normalized spacial score (nSPS) is 17.2. The van der Waals surface area contributed by atoms with E-state index in [0.717, 1.165) is 36.2 Å². The largest absolute Gasteiger partial charge is 0.461 e. The van der Waals surface area contributed by atoms with E-state index in [1.807, 2.05) is 30.3 Å². The molecule has 24 heavy (non-hydrogen) atoms. The van der Waals surface area contributed by atoms with Crippen LogP contribution in [0, 0.1) is 0 Å². The predicted octanol–water partition coefficient (Wildman–Crippen LogP) is 2.47. The van der Waals surface area contributed by atoms with Gasteiger partial charge in [0.2, 0.25) is 0 Å². The molecule has 2 heterocycles. The van der Waals surface area contributed by atoms with E-state index in [1.54, 1.807) is 0 Å². The zero-order chi connectivity index (χ0) is 16.6. The average Bonchev–Trinajstić information content (AvgIpc) is 3.23. The Morgan fingerprint density at radius 1 is 1.25 bits per heavy atom. The lowest BCUT2D eigenvalue weighted by Gasteiger charge is -2.11. The number of urea groups is 1. The first-order chi connectivity index (χ1) is 11.8. The highest BCUT2D eigenvalue weighted by Gasteiger charge is 2.15. The molecule has 0 spiro atoms. The highest BCUT2D eigenvalue weighted by atomic mass is 16.5. The number of fused-ring (bicyclic) bond motifs is 1. The SMILES string of the molecule is O=C(NCCOCC1CCCO1)NCCc1cc2ccccc2o1. The molecule has 2 amide bonds. The van der Waals surface area contributed by atoms with Gasteiger partial charge in [0.1, 0.15) is 11.3 Å². The maximum Gasteiger partial charge on any atom is 0.314 e. The number of amides is 2. The molecule has 2 N–H and O–H groups in total. The summed E-state index contributed by atoms with van der Waals surface area (Å²) in [6, 6.07) is 9.70. The van der Waals surface area contributed by atoms with Crippen LogP contribution < -0.4 is 10.6 Å². The number of carbonyl (C=O) groups excluding carboxylic acids is 1. The van der Waals surface area contributed by atoms with Crippen molar-refractivity contribution in [2.24, 2.45) is 0 Å². The lowest BCUT2D eigenvalue weighted by molar-refractivity contribution is 0.0188. The number of rotatable bonds is 8. The zero-order valence-electron chi connectivity index (χ0n) is 13.8. The highest BCUT2D eigenvalue weighted by Crippen LogP contribution is 2.18. The van der Waals surface area contributed by atoms with Crippen molar-refractivity contribution in [1.29, 1.82) is 0 Å². The highest BCUT2D eigenvalue weighted by molar-refractivity contribution is 5.77. The van der Waals surface area contributed by atoms with Gasteiger partial charge in [0.05, 0.1) is 19.3 Å². The summed E-state index contributed by atoms with van der Waals surface area (Å²) in [7, 11) is 0. The van der Waals surface area contributed by atoms with Crippen molar-refractivity contribution in [3.8, 4) is 0 Å². The third kappa shape index (κ3) is 4.97. The van der Waals surface area contributed by atoms with Gasteiger partial charge in [-0.05, 0) is 25.0 Å². The van der Waals surface area contributed by atoms with Gasteiger partial charge in [0.25, 0.3) is 0 Å². The van der Waals surface area contributed by atoms with Gasteiger partial charge in [0.15, 0.2) is 0 Å². The summed E-state index contributed by atoms with van der Waals surface area (Å²) in [5.41, 5.74) is 0.875. The topological polar surface area (TPSA) is 72.7 Å². The Labute approximate surface area is 141 Å². The van der Waals surface area contributed by atoms with Crippen molar-refractivity contribution in [3.63, 3.8) is 0 Å². The van der Waals surface area contributed by atoms with Crippen molar-refractivity contribution in [2.75, 3.05) is 32.9 Å². The van der Waals surface area contributed by atoms with E-state index in [9.17, 15) is 4.79 Å². The van der Waals surface area contributed by atoms with Gasteiger partial charge >= 0.3 is 6.03 Å². The minimum atomic E-state index is -0.188. The van der Waals surface area contributed by atoms with Crippen molar-refractivity contribution in [2.45, 2.75) is 25.4 Å². The first-order valence-corrected chi connectivity index (χ1v) is 8.50. The van der Waals surface area contributed by atoms with Crippen molar-refractivity contribution in [1.82, 2.24) is 10.6 Å². The Morgan fingerprint density at radius 2 is 2.12 bits per heavy atom. The molecule has 6 nitrogen and oxygen atoms in total. The smallest absolute Gasteiger partial charge is 0.314 e. The first-order valence-electron chi connectivity index (χ1n) is 8.50. The number of hydrogen-bond acceptors (Lipinski definition) is 4. The van der Waals surface area contributed by atoms with Crippen LogP contribution in [0.1, 0.15) is 18.6 Å². The number of carbonyl (C=O) groups is 1. The molecule has 1 aromatic heterocycles. The fourth-order valence-corrected chi connectivity index (χ4v) is 2.75. The van der Waals surface area contributed by atoms with Crippen molar-refractivity contribution < 1.29 is 18.7 Å². The summed E-state index contributed by atoms with van der Waals surface area (Å²) < 4.78 is 16.7. The van der Waals surface area contributed by atoms with E-state index in [0.29, 0.717) is 32.7 Å². The maximum absolute atomic E-state index is 11.7. The number of furan rings is 1. The van der Waals surface area contributed by atoms with Crippen LogP contribution in [-0.4, -0.2) is 45.0 Å². The van der Waals surface area contributed by atoms with E-state index < -0.39 is 0 Å². The van der Waals surface area contributed by atoms with Crippen LogP contribution in [0.4, 0.5) is 4.79 Å². The third-order valence-corrected chi connectivity index (χ3v) is 3.99. The van der Waals surface area contributed by atoms with Gasteiger partial charge in [0, 0.05) is 31.5 Å². The number of nitrogens with one attached hydrogen (secondary N) is 2. The number of benzene rings is 1. The van der Waals surface area contributed by atoms with Crippen LogP contribution >= 0.6 is 0 Å². The van der Waals surface area contributed by atoms with Gasteiger partial charge < -0.3 is 24.5 Å². The molecule has 0 saturated carbocycles. The molecule has 1 aliphatic rings. The average molecular weight is 332 g/mol. The molecule has 1 aliphatic heterocycles. The molecule has 1 aromatic carbocycles. The summed E-state index contributed by atoms with van der Waals surface area (Å²) in [6.07, 6.45) is 3.07. The molecular weight excluding hydrogens is 308 g/mol. The van der Waals surface area contributed by atoms with Crippen LogP contribution in [0.5, 0.6) is 0 Å². The van der Waals surface area contributed by atoms with E-state index in [1.165, 1.54) is 0 Å². The Balaban J connectivity index is 1.25. The van der Waals surface area contributed by atoms with Crippen molar-refractivity contribution >= 4 is 17.0 Å². The summed E-state index contributed by atoms with van der Waals surface area (Å²) in [5, 5.41) is 6.68. The third-order valence-electron chi connectivity index (χ3n) is 3.99. The minimum Gasteiger partial charge on any atom is -0.461 e. The summed E-state index contributed by atoms with van der Waals surface area (Å²) >= 11 is 0. The molecule has 2 aromatic rings. The Morgan fingerprint density at radius 3 is 2.96 bits per heavy atom. The van der Waals surface area contributed by atoms with E-state index in [4.69, 9.17) is 13.9 Å². The molecule has 0 aliphatic carbocycles. The molecular formula is C18H24N2O4. The minimum absolute atomic E-state index is 0.188. The zero-order valence-corrected chi connectivity index (χ0v) is 13.8. The molecule has 0 bridgehead atoms. The van der Waals surface area contributed by atoms with E-state index >= 15 is 0 Å². The lowest BCUT2D eigenvalue weighted by Crippen LogP contribution is -2.38. The molecule has 1 unspecified atom stereocenters. The second kappa shape index (κ2) is 8.70.